The second kappa shape index (κ2) is 8.89. The monoisotopic (exact) mass is 355 g/mol. The quantitative estimate of drug-likeness (QED) is 0.803. The van der Waals surface area contributed by atoms with Gasteiger partial charge in [0.2, 0.25) is 0 Å². The zero-order chi connectivity index (χ0) is 15.1. The Labute approximate surface area is 136 Å². The van der Waals surface area contributed by atoms with E-state index in [0.29, 0.717) is 12.0 Å². The normalized spacial score (nSPS) is 18.1. The lowest BCUT2D eigenvalue weighted by molar-refractivity contribution is -0.0119. The van der Waals surface area contributed by atoms with E-state index in [4.69, 9.17) is 9.47 Å². The molecule has 0 bridgehead atoms. The number of halogens is 1. The lowest BCUT2D eigenvalue weighted by Gasteiger charge is -2.26. The molecule has 0 spiro atoms. The molecule has 1 unspecified atom stereocenters. The highest BCUT2D eigenvalue weighted by atomic mass is 79.9. The number of hydrogen-bond acceptors (Lipinski definition) is 3. The molecule has 0 aromatic heterocycles. The topological polar surface area (TPSA) is 30.5 Å². The van der Waals surface area contributed by atoms with Crippen LogP contribution in [0, 0.1) is 5.92 Å². The van der Waals surface area contributed by atoms with Gasteiger partial charge in [-0.15, -0.1) is 0 Å². The fourth-order valence-electron chi connectivity index (χ4n) is 2.49. The lowest BCUT2D eigenvalue weighted by atomic mass is 10.0. The summed E-state index contributed by atoms with van der Waals surface area (Å²) in [5.74, 6) is 0.632. The van der Waals surface area contributed by atoms with Gasteiger partial charge in [0.1, 0.15) is 0 Å². The zero-order valence-corrected chi connectivity index (χ0v) is 14.6. The molecule has 118 valence electrons. The molecule has 1 aromatic rings. The molecule has 1 N–H and O–H groups in total. The van der Waals surface area contributed by atoms with Crippen molar-refractivity contribution in [1.29, 1.82) is 0 Å². The maximum absolute atomic E-state index is 6.23. The molecule has 1 aliphatic rings. The van der Waals surface area contributed by atoms with Gasteiger partial charge < -0.3 is 14.8 Å². The summed E-state index contributed by atoms with van der Waals surface area (Å²) in [5.41, 5.74) is 1.23. The molecule has 3 nitrogen and oxygen atoms in total. The van der Waals surface area contributed by atoms with Crippen LogP contribution in [-0.2, 0) is 9.47 Å². The van der Waals surface area contributed by atoms with Gasteiger partial charge in [-0.25, -0.2) is 0 Å². The maximum atomic E-state index is 6.23. The summed E-state index contributed by atoms with van der Waals surface area (Å²) in [4.78, 5) is 0. The predicted octanol–water partition coefficient (Wildman–Crippen LogP) is 3.93. The number of ether oxygens (including phenoxy) is 2. The molecule has 0 radical (unpaired) electrons. The zero-order valence-electron chi connectivity index (χ0n) is 13.0. The summed E-state index contributed by atoms with van der Waals surface area (Å²) < 4.78 is 12.7. The highest BCUT2D eigenvalue weighted by molar-refractivity contribution is 9.10. The van der Waals surface area contributed by atoms with E-state index in [1.165, 1.54) is 5.56 Å². The summed E-state index contributed by atoms with van der Waals surface area (Å²) in [7, 11) is 0. The first-order chi connectivity index (χ1) is 10.1. The van der Waals surface area contributed by atoms with Crippen molar-refractivity contribution in [2.24, 2.45) is 5.92 Å². The first-order valence-electron chi connectivity index (χ1n) is 7.83. The fraction of sp³-hybridized carbons (Fsp3) is 0.647. The third kappa shape index (κ3) is 6.07. The Hall–Kier alpha value is -0.420. The average Bonchev–Trinajstić information content (AvgIpc) is 2.48. The van der Waals surface area contributed by atoms with Crippen molar-refractivity contribution in [1.82, 2.24) is 5.32 Å². The van der Waals surface area contributed by atoms with Crippen LogP contribution < -0.4 is 5.32 Å². The van der Waals surface area contributed by atoms with E-state index in [-0.39, 0.29) is 6.10 Å². The van der Waals surface area contributed by atoms with E-state index in [0.717, 1.165) is 43.7 Å². The van der Waals surface area contributed by atoms with Crippen molar-refractivity contribution < 1.29 is 9.47 Å². The average molecular weight is 356 g/mol. The summed E-state index contributed by atoms with van der Waals surface area (Å²) in [6.07, 6.45) is 2.33. The largest absolute Gasteiger partial charge is 0.381 e. The second-order valence-corrected chi connectivity index (χ2v) is 6.91. The van der Waals surface area contributed by atoms with Gasteiger partial charge in [0.25, 0.3) is 0 Å². The van der Waals surface area contributed by atoms with Crippen molar-refractivity contribution >= 4 is 15.9 Å². The molecule has 2 rings (SSSR count). The number of benzene rings is 1. The summed E-state index contributed by atoms with van der Waals surface area (Å²) in [6, 6.07) is 8.87. The molecule has 1 saturated heterocycles. The molecule has 0 amide bonds. The highest BCUT2D eigenvalue weighted by Crippen LogP contribution is 2.23. The van der Waals surface area contributed by atoms with Gasteiger partial charge in [0, 0.05) is 30.3 Å². The van der Waals surface area contributed by atoms with Crippen molar-refractivity contribution in [2.45, 2.75) is 38.8 Å². The molecular weight excluding hydrogens is 330 g/mol. The fourth-order valence-corrected chi connectivity index (χ4v) is 2.90. The van der Waals surface area contributed by atoms with Gasteiger partial charge in [-0.2, -0.15) is 0 Å². The van der Waals surface area contributed by atoms with E-state index in [9.17, 15) is 0 Å². The maximum Gasteiger partial charge on any atom is 0.0949 e. The Morgan fingerprint density at radius 2 is 2.10 bits per heavy atom. The van der Waals surface area contributed by atoms with E-state index in [1.54, 1.807) is 0 Å². The molecule has 1 heterocycles. The third-order valence-electron chi connectivity index (χ3n) is 3.81. The van der Waals surface area contributed by atoms with Crippen LogP contribution in [-0.4, -0.2) is 32.4 Å². The molecule has 1 atom stereocenters. The van der Waals surface area contributed by atoms with Gasteiger partial charge in [-0.3, -0.25) is 0 Å². The van der Waals surface area contributed by atoms with Crippen molar-refractivity contribution in [2.75, 3.05) is 26.4 Å². The summed E-state index contributed by atoms with van der Waals surface area (Å²) >= 11 is 3.55. The van der Waals surface area contributed by atoms with Gasteiger partial charge in [-0.1, -0.05) is 41.9 Å². The van der Waals surface area contributed by atoms with Crippen molar-refractivity contribution in [3.63, 3.8) is 0 Å². The Bertz CT molecular complexity index is 419. The van der Waals surface area contributed by atoms with Gasteiger partial charge in [0.15, 0.2) is 0 Å². The summed E-state index contributed by atoms with van der Waals surface area (Å²) in [6.45, 7) is 7.74. The first kappa shape index (κ1) is 16.9. The SMILES string of the molecule is CC(C)NCC(OCC1CCOCC1)c1cccc(Br)c1. The van der Waals surface area contributed by atoms with Crippen LogP contribution in [0.5, 0.6) is 0 Å². The summed E-state index contributed by atoms with van der Waals surface area (Å²) in [5, 5.41) is 3.49. The molecule has 1 fully saturated rings. The first-order valence-corrected chi connectivity index (χ1v) is 8.62. The molecule has 4 heteroatoms. The Balaban J connectivity index is 1.94. The molecule has 1 aromatic carbocycles. The highest BCUT2D eigenvalue weighted by Gasteiger charge is 2.18. The minimum atomic E-state index is 0.104. The van der Waals surface area contributed by atoms with Gasteiger partial charge in [-0.05, 0) is 36.5 Å². The standard InChI is InChI=1S/C17H26BrNO2/c1-13(2)19-11-17(15-4-3-5-16(18)10-15)21-12-14-6-8-20-9-7-14/h3-5,10,13-14,17,19H,6-9,11-12H2,1-2H3. The second-order valence-electron chi connectivity index (χ2n) is 6.00. The minimum Gasteiger partial charge on any atom is -0.381 e. The van der Waals surface area contributed by atoms with Crippen LogP contribution in [0.15, 0.2) is 28.7 Å². The number of hydrogen-bond donors (Lipinski definition) is 1. The molecule has 21 heavy (non-hydrogen) atoms. The van der Waals surface area contributed by atoms with Crippen LogP contribution in [0.25, 0.3) is 0 Å². The van der Waals surface area contributed by atoms with Crippen molar-refractivity contribution in [3.05, 3.63) is 34.3 Å². The van der Waals surface area contributed by atoms with Gasteiger partial charge >= 0.3 is 0 Å². The molecule has 0 aliphatic carbocycles. The van der Waals surface area contributed by atoms with E-state index in [1.807, 2.05) is 0 Å². The predicted molar refractivity (Wildman–Crippen MR) is 89.5 cm³/mol. The smallest absolute Gasteiger partial charge is 0.0949 e. The van der Waals surface area contributed by atoms with E-state index in [2.05, 4.69) is 59.4 Å². The van der Waals surface area contributed by atoms with Crippen LogP contribution in [0.2, 0.25) is 0 Å². The van der Waals surface area contributed by atoms with E-state index >= 15 is 0 Å². The Morgan fingerprint density at radius 1 is 1.33 bits per heavy atom. The molecule has 0 saturated carbocycles. The Morgan fingerprint density at radius 3 is 2.76 bits per heavy atom. The third-order valence-corrected chi connectivity index (χ3v) is 4.30. The number of nitrogens with one attached hydrogen (secondary N) is 1. The number of rotatable bonds is 7. The van der Waals surface area contributed by atoms with E-state index < -0.39 is 0 Å². The lowest BCUT2D eigenvalue weighted by Crippen LogP contribution is -2.30. The minimum absolute atomic E-state index is 0.104. The Kier molecular flexibility index (Phi) is 7.17. The van der Waals surface area contributed by atoms with Gasteiger partial charge in [0.05, 0.1) is 12.7 Å². The van der Waals surface area contributed by atoms with Crippen LogP contribution in [0.1, 0.15) is 38.4 Å². The molecular formula is C17H26BrNO2. The molecule has 1 aliphatic heterocycles. The van der Waals surface area contributed by atoms with Crippen LogP contribution in [0.4, 0.5) is 0 Å². The van der Waals surface area contributed by atoms with Crippen LogP contribution in [0.3, 0.4) is 0 Å². The van der Waals surface area contributed by atoms with Crippen LogP contribution >= 0.6 is 15.9 Å². The van der Waals surface area contributed by atoms with Crippen molar-refractivity contribution in [3.8, 4) is 0 Å².